The maximum absolute atomic E-state index is 12.4. The Morgan fingerprint density at radius 2 is 1.65 bits per heavy atom. The molecule has 3 rings (SSSR count). The molecule has 2 aromatic rings. The fourth-order valence-corrected chi connectivity index (χ4v) is 2.86. The van der Waals surface area contributed by atoms with Crippen LogP contribution in [0.3, 0.4) is 0 Å². The minimum absolute atomic E-state index is 0.252. The van der Waals surface area contributed by atoms with Crippen molar-refractivity contribution in [3.8, 4) is 11.5 Å². The van der Waals surface area contributed by atoms with Crippen molar-refractivity contribution < 1.29 is 14.3 Å². The van der Waals surface area contributed by atoms with Crippen molar-refractivity contribution in [2.75, 3.05) is 13.2 Å². The molecule has 1 aliphatic rings. The molecule has 23 heavy (non-hydrogen) atoms. The Balaban J connectivity index is 1.87. The SMILES string of the molecule is O=C(/C=C/c1ccc(Cl)cc1Cl)c1cc2c(cc1Cl)OCCO2. The fraction of sp³-hybridized carbons (Fsp3) is 0.118. The molecule has 0 aromatic heterocycles. The molecule has 6 heteroatoms. The monoisotopic (exact) mass is 368 g/mol. The summed E-state index contributed by atoms with van der Waals surface area (Å²) in [5.74, 6) is 0.808. The van der Waals surface area contributed by atoms with E-state index in [2.05, 4.69) is 0 Å². The van der Waals surface area contributed by atoms with Gasteiger partial charge >= 0.3 is 0 Å². The predicted octanol–water partition coefficient (Wildman–Crippen LogP) is 5.31. The summed E-state index contributed by atoms with van der Waals surface area (Å²) in [4.78, 5) is 12.4. The minimum atomic E-state index is -0.252. The van der Waals surface area contributed by atoms with E-state index in [0.717, 1.165) is 0 Å². The molecule has 0 saturated carbocycles. The molecule has 0 fully saturated rings. The van der Waals surface area contributed by atoms with Crippen LogP contribution in [0.15, 0.2) is 36.4 Å². The highest BCUT2D eigenvalue weighted by Crippen LogP contribution is 2.35. The van der Waals surface area contributed by atoms with Crippen molar-refractivity contribution in [3.63, 3.8) is 0 Å². The zero-order valence-corrected chi connectivity index (χ0v) is 14.1. The topological polar surface area (TPSA) is 35.5 Å². The van der Waals surface area contributed by atoms with Gasteiger partial charge in [0.05, 0.1) is 5.02 Å². The van der Waals surface area contributed by atoms with Gasteiger partial charge < -0.3 is 9.47 Å². The van der Waals surface area contributed by atoms with Crippen LogP contribution in [-0.4, -0.2) is 19.0 Å². The molecule has 0 N–H and O–H groups in total. The van der Waals surface area contributed by atoms with Gasteiger partial charge in [-0.2, -0.15) is 0 Å². The highest BCUT2D eigenvalue weighted by Gasteiger charge is 2.17. The second kappa shape index (κ2) is 6.83. The molecule has 0 amide bonds. The molecule has 0 bridgehead atoms. The quantitative estimate of drug-likeness (QED) is 0.543. The van der Waals surface area contributed by atoms with Crippen molar-refractivity contribution in [1.82, 2.24) is 0 Å². The number of halogens is 3. The van der Waals surface area contributed by atoms with Crippen molar-refractivity contribution in [2.45, 2.75) is 0 Å². The lowest BCUT2D eigenvalue weighted by atomic mass is 10.1. The van der Waals surface area contributed by atoms with Gasteiger partial charge in [0.1, 0.15) is 13.2 Å². The number of hydrogen-bond donors (Lipinski definition) is 0. The number of ketones is 1. The van der Waals surface area contributed by atoms with Crippen LogP contribution < -0.4 is 9.47 Å². The van der Waals surface area contributed by atoms with Crippen LogP contribution in [0.2, 0.25) is 15.1 Å². The van der Waals surface area contributed by atoms with Crippen molar-refractivity contribution in [1.29, 1.82) is 0 Å². The lowest BCUT2D eigenvalue weighted by Crippen LogP contribution is -2.16. The van der Waals surface area contributed by atoms with Crippen molar-refractivity contribution in [3.05, 3.63) is 62.6 Å². The highest BCUT2D eigenvalue weighted by atomic mass is 35.5. The molecule has 1 heterocycles. The van der Waals surface area contributed by atoms with E-state index in [1.54, 1.807) is 36.4 Å². The summed E-state index contributed by atoms with van der Waals surface area (Å²) in [6.07, 6.45) is 3.03. The summed E-state index contributed by atoms with van der Waals surface area (Å²) >= 11 is 18.1. The smallest absolute Gasteiger partial charge is 0.187 e. The number of ether oxygens (including phenoxy) is 2. The molecule has 0 unspecified atom stereocenters. The van der Waals surface area contributed by atoms with Gasteiger partial charge in [-0.1, -0.05) is 40.9 Å². The average molecular weight is 370 g/mol. The molecule has 2 aromatic carbocycles. The maximum atomic E-state index is 12.4. The summed E-state index contributed by atoms with van der Waals surface area (Å²) in [5.41, 5.74) is 1.04. The number of rotatable bonds is 3. The third-order valence-corrected chi connectivity index (χ3v) is 4.15. The Morgan fingerprint density at radius 3 is 2.35 bits per heavy atom. The number of carbonyl (C=O) groups excluding carboxylic acids is 1. The average Bonchev–Trinajstić information content (AvgIpc) is 2.53. The maximum Gasteiger partial charge on any atom is 0.187 e. The Labute approximate surface area is 148 Å². The van der Waals surface area contributed by atoms with Gasteiger partial charge in [-0.05, 0) is 35.9 Å². The number of hydrogen-bond acceptors (Lipinski definition) is 3. The first-order valence-corrected chi connectivity index (χ1v) is 7.94. The van der Waals surface area contributed by atoms with Crippen LogP contribution in [0.4, 0.5) is 0 Å². The lowest BCUT2D eigenvalue weighted by molar-refractivity contribution is 0.104. The van der Waals surface area contributed by atoms with Gasteiger partial charge in [0.25, 0.3) is 0 Å². The predicted molar refractivity (Wildman–Crippen MR) is 92.3 cm³/mol. The normalized spacial score (nSPS) is 13.3. The Kier molecular flexibility index (Phi) is 4.81. The van der Waals surface area contributed by atoms with Crippen LogP contribution in [0.1, 0.15) is 15.9 Å². The molecule has 0 radical (unpaired) electrons. The first kappa shape index (κ1) is 16.2. The molecule has 1 aliphatic heterocycles. The van der Waals surface area contributed by atoms with Gasteiger partial charge in [0.15, 0.2) is 17.3 Å². The first-order valence-electron chi connectivity index (χ1n) is 6.81. The number of allylic oxidation sites excluding steroid dienone is 1. The van der Waals surface area contributed by atoms with E-state index in [9.17, 15) is 4.79 Å². The first-order chi connectivity index (χ1) is 11.0. The van der Waals surface area contributed by atoms with Gasteiger partial charge in [0, 0.05) is 21.7 Å². The number of fused-ring (bicyclic) bond motifs is 1. The summed E-state index contributed by atoms with van der Waals surface area (Å²) in [7, 11) is 0. The van der Waals surface area contributed by atoms with E-state index >= 15 is 0 Å². The van der Waals surface area contributed by atoms with Gasteiger partial charge in [-0.3, -0.25) is 4.79 Å². The molecule has 0 aliphatic carbocycles. The van der Waals surface area contributed by atoms with Gasteiger partial charge in [0.2, 0.25) is 0 Å². The molecule has 3 nitrogen and oxygen atoms in total. The van der Waals surface area contributed by atoms with E-state index < -0.39 is 0 Å². The molecular weight excluding hydrogens is 359 g/mol. The number of benzene rings is 2. The minimum Gasteiger partial charge on any atom is -0.486 e. The van der Waals surface area contributed by atoms with Crippen LogP contribution in [0, 0.1) is 0 Å². The van der Waals surface area contributed by atoms with Crippen LogP contribution in [-0.2, 0) is 0 Å². The van der Waals surface area contributed by atoms with E-state index in [4.69, 9.17) is 44.3 Å². The second-order valence-electron chi connectivity index (χ2n) is 4.84. The van der Waals surface area contributed by atoms with Crippen molar-refractivity contribution in [2.24, 2.45) is 0 Å². The van der Waals surface area contributed by atoms with Crippen molar-refractivity contribution >= 4 is 46.7 Å². The third-order valence-electron chi connectivity index (χ3n) is 3.27. The molecule has 0 spiro atoms. The second-order valence-corrected chi connectivity index (χ2v) is 6.09. The Hall–Kier alpha value is -1.68. The van der Waals surface area contributed by atoms with Crippen LogP contribution in [0.25, 0.3) is 6.08 Å². The standard InChI is InChI=1S/C17H11Cl3O3/c18-11-3-1-10(13(19)7-11)2-4-15(21)12-8-16-17(9-14(12)20)23-6-5-22-16/h1-4,7-9H,5-6H2/b4-2+. The summed E-state index contributed by atoms with van der Waals surface area (Å²) in [6, 6.07) is 8.23. The molecular formula is C17H11Cl3O3. The molecule has 0 saturated heterocycles. The van der Waals surface area contributed by atoms with Crippen LogP contribution >= 0.6 is 34.8 Å². The largest absolute Gasteiger partial charge is 0.486 e. The summed E-state index contributed by atoms with van der Waals surface area (Å²) < 4.78 is 10.9. The summed E-state index contributed by atoms with van der Waals surface area (Å²) in [6.45, 7) is 0.907. The van der Waals surface area contributed by atoms with Gasteiger partial charge in [-0.25, -0.2) is 0 Å². The molecule has 0 atom stereocenters. The fourth-order valence-electron chi connectivity index (χ4n) is 2.14. The Bertz CT molecular complexity index is 800. The Morgan fingerprint density at radius 1 is 0.957 bits per heavy atom. The summed E-state index contributed by atoms with van der Waals surface area (Å²) in [5, 5.41) is 1.31. The van der Waals surface area contributed by atoms with E-state index in [1.165, 1.54) is 6.08 Å². The van der Waals surface area contributed by atoms with Crippen LogP contribution in [0.5, 0.6) is 11.5 Å². The highest BCUT2D eigenvalue weighted by molar-refractivity contribution is 6.36. The van der Waals surface area contributed by atoms with E-state index in [-0.39, 0.29) is 5.78 Å². The zero-order chi connectivity index (χ0) is 16.4. The lowest BCUT2D eigenvalue weighted by Gasteiger charge is -2.19. The molecule has 118 valence electrons. The van der Waals surface area contributed by atoms with E-state index in [0.29, 0.717) is 50.9 Å². The third kappa shape index (κ3) is 3.63. The van der Waals surface area contributed by atoms with Gasteiger partial charge in [-0.15, -0.1) is 0 Å². The van der Waals surface area contributed by atoms with E-state index in [1.807, 2.05) is 0 Å². The zero-order valence-electron chi connectivity index (χ0n) is 11.8. The number of carbonyl (C=O) groups is 1.